The summed E-state index contributed by atoms with van der Waals surface area (Å²) in [5.74, 6) is 0. The Labute approximate surface area is 65.3 Å². The van der Waals surface area contributed by atoms with Gasteiger partial charge in [-0.15, -0.1) is 0 Å². The lowest BCUT2D eigenvalue weighted by molar-refractivity contribution is -0.109. The van der Waals surface area contributed by atoms with Gasteiger partial charge in [-0.1, -0.05) is 0 Å². The first-order valence-corrected chi connectivity index (χ1v) is 3.40. The van der Waals surface area contributed by atoms with Crippen LogP contribution < -0.4 is 0 Å². The van der Waals surface area contributed by atoms with Gasteiger partial charge in [0.1, 0.15) is 0 Å². The van der Waals surface area contributed by atoms with Crippen LogP contribution in [0.4, 0.5) is 8.78 Å². The highest BCUT2D eigenvalue weighted by Crippen LogP contribution is 2.03. The zero-order valence-electron chi connectivity index (χ0n) is 4.53. The van der Waals surface area contributed by atoms with Crippen molar-refractivity contribution in [2.75, 3.05) is 0 Å². The molecule has 0 bridgehead atoms. The summed E-state index contributed by atoms with van der Waals surface area (Å²) in [7, 11) is 0. The summed E-state index contributed by atoms with van der Waals surface area (Å²) in [6.45, 7) is 0. The average molecular weight is 246 g/mol. The molecule has 1 nitrogen and oxygen atoms in total. The fourth-order valence-corrected chi connectivity index (χ4v) is 0.606. The molecular formula is C5H5F2IO. The monoisotopic (exact) mass is 246 g/mol. The SMILES string of the molecule is O=C(I)CCC=C(F)F. The van der Waals surface area contributed by atoms with E-state index >= 15 is 0 Å². The first-order chi connectivity index (χ1) is 4.13. The highest BCUT2D eigenvalue weighted by molar-refractivity contribution is 14.1. The number of hydrogen-bond acceptors (Lipinski definition) is 1. The summed E-state index contributed by atoms with van der Waals surface area (Å²) in [6, 6.07) is 0. The Morgan fingerprint density at radius 3 is 2.44 bits per heavy atom. The standard InChI is InChI=1S/C5H5F2IO/c6-4(7)2-1-3-5(8)9/h2H,1,3H2. The van der Waals surface area contributed by atoms with Crippen LogP contribution in [0.25, 0.3) is 0 Å². The lowest BCUT2D eigenvalue weighted by Crippen LogP contribution is -1.81. The first kappa shape index (κ1) is 9.00. The summed E-state index contributed by atoms with van der Waals surface area (Å²) in [5, 5.41) is 0. The molecule has 0 N–H and O–H groups in total. The van der Waals surface area contributed by atoms with E-state index in [-0.39, 0.29) is 16.6 Å². The van der Waals surface area contributed by atoms with Crippen molar-refractivity contribution in [2.24, 2.45) is 0 Å². The van der Waals surface area contributed by atoms with Crippen LogP contribution in [-0.2, 0) is 4.79 Å². The summed E-state index contributed by atoms with van der Waals surface area (Å²) < 4.78 is 22.4. The molecule has 0 saturated carbocycles. The summed E-state index contributed by atoms with van der Waals surface area (Å²) in [5.41, 5.74) is 0. The third kappa shape index (κ3) is 8.00. The van der Waals surface area contributed by atoms with Crippen LogP contribution in [0.3, 0.4) is 0 Å². The van der Waals surface area contributed by atoms with E-state index in [1.807, 2.05) is 0 Å². The first-order valence-electron chi connectivity index (χ1n) is 2.32. The molecule has 0 atom stereocenters. The molecule has 0 aromatic heterocycles. The highest BCUT2D eigenvalue weighted by atomic mass is 127. The molecule has 0 amide bonds. The summed E-state index contributed by atoms with van der Waals surface area (Å²) >= 11 is 1.58. The van der Waals surface area contributed by atoms with Crippen LogP contribution in [0.15, 0.2) is 12.2 Å². The van der Waals surface area contributed by atoms with Gasteiger partial charge in [0.25, 0.3) is 6.08 Å². The van der Waals surface area contributed by atoms with Crippen molar-refractivity contribution in [1.29, 1.82) is 0 Å². The van der Waals surface area contributed by atoms with Crippen molar-refractivity contribution in [2.45, 2.75) is 12.8 Å². The minimum Gasteiger partial charge on any atom is -0.288 e. The number of carbonyl (C=O) groups is 1. The van der Waals surface area contributed by atoms with Crippen LogP contribution in [0.5, 0.6) is 0 Å². The van der Waals surface area contributed by atoms with E-state index in [2.05, 4.69) is 0 Å². The molecule has 52 valence electrons. The van der Waals surface area contributed by atoms with Crippen LogP contribution in [-0.4, -0.2) is 3.79 Å². The topological polar surface area (TPSA) is 17.1 Å². The van der Waals surface area contributed by atoms with E-state index in [1.165, 1.54) is 0 Å². The number of rotatable bonds is 3. The van der Waals surface area contributed by atoms with E-state index in [1.54, 1.807) is 22.6 Å². The molecule has 0 rings (SSSR count). The average Bonchev–Trinajstić information content (AvgIpc) is 1.63. The van der Waals surface area contributed by atoms with Crippen molar-refractivity contribution < 1.29 is 13.6 Å². The Morgan fingerprint density at radius 1 is 1.56 bits per heavy atom. The minimum atomic E-state index is -1.72. The maximum atomic E-state index is 11.2. The Bertz CT molecular complexity index is 129. The third-order valence-electron chi connectivity index (χ3n) is 0.640. The van der Waals surface area contributed by atoms with Crippen LogP contribution in [0.2, 0.25) is 0 Å². The van der Waals surface area contributed by atoms with Gasteiger partial charge in [-0.3, -0.25) is 4.79 Å². The molecule has 0 spiro atoms. The molecule has 0 aromatic carbocycles. The lowest BCUT2D eigenvalue weighted by Gasteiger charge is -1.83. The summed E-state index contributed by atoms with van der Waals surface area (Å²) in [6.07, 6.45) is -0.633. The Kier molecular flexibility index (Phi) is 4.84. The van der Waals surface area contributed by atoms with Gasteiger partial charge in [0.2, 0.25) is 0 Å². The number of hydrogen-bond donors (Lipinski definition) is 0. The molecule has 0 aliphatic rings. The fraction of sp³-hybridized carbons (Fsp3) is 0.400. The van der Waals surface area contributed by atoms with Gasteiger partial charge in [0, 0.05) is 6.42 Å². The van der Waals surface area contributed by atoms with Gasteiger partial charge >= 0.3 is 0 Å². The summed E-state index contributed by atoms with van der Waals surface area (Å²) in [4.78, 5) is 10.1. The van der Waals surface area contributed by atoms with Crippen molar-refractivity contribution in [1.82, 2.24) is 0 Å². The molecular weight excluding hydrogens is 241 g/mol. The molecule has 0 aliphatic carbocycles. The predicted molar refractivity (Wildman–Crippen MR) is 38.6 cm³/mol. The largest absolute Gasteiger partial charge is 0.288 e. The normalized spacial score (nSPS) is 8.78. The number of allylic oxidation sites excluding steroid dienone is 1. The quantitative estimate of drug-likeness (QED) is 0.552. The van der Waals surface area contributed by atoms with Crippen LogP contribution >= 0.6 is 22.6 Å². The van der Waals surface area contributed by atoms with Gasteiger partial charge in [0.05, 0.1) is 0 Å². The molecule has 0 aliphatic heterocycles. The third-order valence-corrected chi connectivity index (χ3v) is 1.18. The smallest absolute Gasteiger partial charge is 0.266 e. The Balaban J connectivity index is 3.31. The maximum Gasteiger partial charge on any atom is 0.266 e. The second kappa shape index (κ2) is 4.84. The fourth-order valence-electron chi connectivity index (χ4n) is 0.295. The molecule has 0 radical (unpaired) electrons. The molecule has 0 aromatic rings. The molecule has 0 heterocycles. The second-order valence-electron chi connectivity index (χ2n) is 1.39. The lowest BCUT2D eigenvalue weighted by atomic mass is 10.3. The Morgan fingerprint density at radius 2 is 2.11 bits per heavy atom. The van der Waals surface area contributed by atoms with Gasteiger partial charge in [-0.2, -0.15) is 8.78 Å². The van der Waals surface area contributed by atoms with Crippen molar-refractivity contribution >= 4 is 26.4 Å². The Hall–Kier alpha value is -0.0000000000000000555. The van der Waals surface area contributed by atoms with E-state index < -0.39 is 6.08 Å². The van der Waals surface area contributed by atoms with Crippen molar-refractivity contribution in [3.63, 3.8) is 0 Å². The zero-order valence-corrected chi connectivity index (χ0v) is 6.69. The molecule has 0 fully saturated rings. The molecule has 0 saturated heterocycles. The highest BCUT2D eigenvalue weighted by Gasteiger charge is 1.93. The molecule has 4 heteroatoms. The van der Waals surface area contributed by atoms with Gasteiger partial charge in [-0.25, -0.2) is 0 Å². The number of halogens is 3. The number of carbonyl (C=O) groups excluding carboxylic acids is 1. The van der Waals surface area contributed by atoms with Gasteiger partial charge in [0.15, 0.2) is 3.79 Å². The molecule has 0 unspecified atom stereocenters. The minimum absolute atomic E-state index is 0.0925. The van der Waals surface area contributed by atoms with E-state index in [4.69, 9.17) is 0 Å². The maximum absolute atomic E-state index is 11.2. The van der Waals surface area contributed by atoms with E-state index in [9.17, 15) is 13.6 Å². The van der Waals surface area contributed by atoms with Crippen LogP contribution in [0.1, 0.15) is 12.8 Å². The molecule has 9 heavy (non-hydrogen) atoms. The van der Waals surface area contributed by atoms with Crippen LogP contribution in [0, 0.1) is 0 Å². The van der Waals surface area contributed by atoms with E-state index in [0.29, 0.717) is 0 Å². The van der Waals surface area contributed by atoms with Crippen molar-refractivity contribution in [3.05, 3.63) is 12.2 Å². The predicted octanol–water partition coefficient (Wildman–Crippen LogP) is 2.51. The van der Waals surface area contributed by atoms with Gasteiger partial charge < -0.3 is 0 Å². The second-order valence-corrected chi connectivity index (χ2v) is 2.59. The zero-order chi connectivity index (χ0) is 7.28. The van der Waals surface area contributed by atoms with E-state index in [0.717, 1.165) is 6.08 Å². The van der Waals surface area contributed by atoms with Crippen molar-refractivity contribution in [3.8, 4) is 0 Å². The van der Waals surface area contributed by atoms with Gasteiger partial charge in [-0.05, 0) is 35.1 Å².